The summed E-state index contributed by atoms with van der Waals surface area (Å²) in [4.78, 5) is 44.5. The van der Waals surface area contributed by atoms with E-state index in [0.29, 0.717) is 18.4 Å². The lowest BCUT2D eigenvalue weighted by Crippen LogP contribution is -2.58. The van der Waals surface area contributed by atoms with Crippen LogP contribution in [0.1, 0.15) is 39.7 Å². The predicted octanol–water partition coefficient (Wildman–Crippen LogP) is 3.83. The highest BCUT2D eigenvalue weighted by atomic mass is 16.6. The number of aromatic amines is 1. The van der Waals surface area contributed by atoms with Crippen molar-refractivity contribution >= 4 is 28.4 Å². The second-order valence-electron chi connectivity index (χ2n) is 12.1. The Morgan fingerprint density at radius 3 is 2.69 bits per heavy atom. The van der Waals surface area contributed by atoms with E-state index in [2.05, 4.69) is 30.2 Å². The number of aliphatic hydroxyl groups is 1. The van der Waals surface area contributed by atoms with Gasteiger partial charge in [-0.05, 0) is 67.9 Å². The Hall–Kier alpha value is -3.29. The third-order valence-corrected chi connectivity index (χ3v) is 9.86. The topological polar surface area (TPSA) is 112 Å². The van der Waals surface area contributed by atoms with Crippen LogP contribution in [0.15, 0.2) is 66.4 Å². The maximum absolute atomic E-state index is 14.2. The minimum Gasteiger partial charge on any atom is -0.381 e. The minimum atomic E-state index is -1.41. The van der Waals surface area contributed by atoms with E-state index in [1.54, 1.807) is 6.92 Å². The van der Waals surface area contributed by atoms with Gasteiger partial charge in [0, 0.05) is 35.0 Å². The fourth-order valence-corrected chi connectivity index (χ4v) is 7.66. The van der Waals surface area contributed by atoms with Crippen LogP contribution in [0.5, 0.6) is 0 Å². The number of H-pyrrole nitrogens is 1. The van der Waals surface area contributed by atoms with Crippen molar-refractivity contribution in [3.05, 3.63) is 72.0 Å². The molecule has 1 aromatic carbocycles. The second-order valence-corrected chi connectivity index (χ2v) is 12.1. The average Bonchev–Trinajstić information content (AvgIpc) is 3.31. The van der Waals surface area contributed by atoms with Gasteiger partial charge < -0.3 is 20.1 Å². The van der Waals surface area contributed by atoms with Crippen LogP contribution in [0.2, 0.25) is 0 Å². The van der Waals surface area contributed by atoms with Crippen molar-refractivity contribution in [3.63, 3.8) is 0 Å². The maximum atomic E-state index is 14.2. The molecule has 3 N–H and O–H groups in total. The van der Waals surface area contributed by atoms with Crippen molar-refractivity contribution in [2.24, 2.45) is 29.1 Å². The number of rotatable bonds is 2. The van der Waals surface area contributed by atoms with Crippen molar-refractivity contribution in [2.45, 2.75) is 64.4 Å². The summed E-state index contributed by atoms with van der Waals surface area (Å²) in [5.41, 5.74) is 0.805. The summed E-state index contributed by atoms with van der Waals surface area (Å²) in [5.74, 6) is -2.11. The molecule has 1 saturated carbocycles. The Kier molecular flexibility index (Phi) is 6.08. The molecule has 0 radical (unpaired) electrons. The molecule has 1 aromatic heterocycles. The normalized spacial score (nSPS) is 43.1. The maximum Gasteiger partial charge on any atom is 0.235 e. The van der Waals surface area contributed by atoms with Crippen LogP contribution in [0.3, 0.4) is 0 Å². The van der Waals surface area contributed by atoms with E-state index < -0.39 is 34.6 Å². The lowest BCUT2D eigenvalue weighted by molar-refractivity contribution is -0.145. The number of fused-ring (bicyclic) bond motifs is 3. The average molecular weight is 529 g/mol. The van der Waals surface area contributed by atoms with Gasteiger partial charge in [0.25, 0.3) is 0 Å². The molecule has 3 fully saturated rings. The third kappa shape index (κ3) is 3.81. The highest BCUT2D eigenvalue weighted by Gasteiger charge is 2.78. The molecule has 0 unspecified atom stereocenters. The van der Waals surface area contributed by atoms with Gasteiger partial charge in [-0.1, -0.05) is 50.3 Å². The standard InChI is InChI=1S/C32H36N2O5/c1-17-8-7-10-22-29-31(4,39-29)19(3)27-24(15-20-16-33-23-11-6-5-9-21(20)23)34-30(38)32(22,27)26(36)13-12-25(35)28(37)18(2)14-17/h5-7,9-14,16-17,19,22,24,27-29,33,37H,8,15H2,1-4H3,(H,34,38)/b10-7-,13-12-,18-14-/t17-,19-,22-,24-,27-,28+,29-,31+,32-/m0/s1. The van der Waals surface area contributed by atoms with Gasteiger partial charge in [0.05, 0.1) is 11.7 Å². The monoisotopic (exact) mass is 528 g/mol. The Balaban J connectivity index is 1.46. The van der Waals surface area contributed by atoms with Gasteiger partial charge >= 0.3 is 0 Å². The lowest BCUT2D eigenvalue weighted by atomic mass is 9.51. The summed E-state index contributed by atoms with van der Waals surface area (Å²) in [6, 6.07) is 7.77. The molecule has 1 spiro atoms. The number of ketones is 2. The van der Waals surface area contributed by atoms with E-state index >= 15 is 0 Å². The quantitative estimate of drug-likeness (QED) is 0.312. The van der Waals surface area contributed by atoms with Crippen LogP contribution in [0.25, 0.3) is 10.9 Å². The number of hydrogen-bond acceptors (Lipinski definition) is 5. The van der Waals surface area contributed by atoms with Gasteiger partial charge in [-0.15, -0.1) is 0 Å². The molecule has 2 aliphatic carbocycles. The number of allylic oxidation sites excluding steroid dienone is 3. The zero-order valence-electron chi connectivity index (χ0n) is 22.8. The SMILES string of the molecule is C/C1=C/[C@@H](C)C/C=C\[C@H]2[C@@H]3O[C@]3(C)[C@@H](C)[C@H]3[C@H](Cc4c[nH]c5ccccc45)NC(=O)[C@@]32C(=O)/C=C\C(=O)[C@@H]1O. The number of carbonyl (C=O) groups excluding carboxylic acids is 3. The van der Waals surface area contributed by atoms with E-state index in [0.717, 1.165) is 22.5 Å². The van der Waals surface area contributed by atoms with Gasteiger partial charge in [0.15, 0.2) is 11.6 Å². The van der Waals surface area contributed by atoms with E-state index in [-0.39, 0.29) is 35.8 Å². The van der Waals surface area contributed by atoms with Gasteiger partial charge in [0.1, 0.15) is 11.5 Å². The van der Waals surface area contributed by atoms with Crippen LogP contribution in [0.4, 0.5) is 0 Å². The van der Waals surface area contributed by atoms with E-state index in [1.807, 2.05) is 49.5 Å². The van der Waals surface area contributed by atoms with Crippen molar-refractivity contribution in [3.8, 4) is 0 Å². The van der Waals surface area contributed by atoms with Crippen molar-refractivity contribution in [1.82, 2.24) is 10.3 Å². The zero-order valence-corrected chi connectivity index (χ0v) is 22.8. The zero-order chi connectivity index (χ0) is 27.7. The number of aromatic nitrogens is 1. The number of amides is 1. The molecule has 2 aromatic rings. The fourth-order valence-electron chi connectivity index (χ4n) is 7.66. The minimum absolute atomic E-state index is 0.0666. The first-order chi connectivity index (χ1) is 18.6. The van der Waals surface area contributed by atoms with Gasteiger partial charge in [-0.2, -0.15) is 0 Å². The summed E-state index contributed by atoms with van der Waals surface area (Å²) in [6.45, 7) is 7.90. The molecule has 7 nitrogen and oxygen atoms in total. The summed E-state index contributed by atoms with van der Waals surface area (Å²) in [6.07, 6.45) is 9.89. The predicted molar refractivity (Wildman–Crippen MR) is 148 cm³/mol. The highest BCUT2D eigenvalue weighted by Crippen LogP contribution is 2.66. The molecule has 4 aliphatic rings. The molecule has 204 valence electrons. The highest BCUT2D eigenvalue weighted by molar-refractivity contribution is 6.15. The van der Waals surface area contributed by atoms with E-state index in [4.69, 9.17) is 4.74 Å². The van der Waals surface area contributed by atoms with Crippen molar-refractivity contribution in [1.29, 1.82) is 0 Å². The van der Waals surface area contributed by atoms with Crippen molar-refractivity contribution < 1.29 is 24.2 Å². The fraction of sp³-hybridized carbons (Fsp3) is 0.469. The number of carbonyl (C=O) groups is 3. The summed E-state index contributed by atoms with van der Waals surface area (Å²) < 4.78 is 6.33. The molecular weight excluding hydrogens is 492 g/mol. The molecular formula is C32H36N2O5. The summed E-state index contributed by atoms with van der Waals surface area (Å²) >= 11 is 0. The lowest BCUT2D eigenvalue weighted by Gasteiger charge is -2.45. The smallest absolute Gasteiger partial charge is 0.235 e. The molecule has 6 rings (SSSR count). The van der Waals surface area contributed by atoms with Crippen LogP contribution < -0.4 is 5.32 Å². The third-order valence-electron chi connectivity index (χ3n) is 9.86. The molecule has 3 heterocycles. The Morgan fingerprint density at radius 2 is 1.90 bits per heavy atom. The Labute approximate surface area is 228 Å². The number of aliphatic hydroxyl groups excluding tert-OH is 1. The van der Waals surface area contributed by atoms with Gasteiger partial charge in [-0.3, -0.25) is 14.4 Å². The number of para-hydroxylation sites is 1. The van der Waals surface area contributed by atoms with Crippen molar-refractivity contribution in [2.75, 3.05) is 0 Å². The number of hydrogen-bond donors (Lipinski definition) is 3. The summed E-state index contributed by atoms with van der Waals surface area (Å²) in [7, 11) is 0. The molecule has 9 atom stereocenters. The largest absolute Gasteiger partial charge is 0.381 e. The number of nitrogens with one attached hydrogen (secondary N) is 2. The van der Waals surface area contributed by atoms with Crippen LogP contribution in [0, 0.1) is 29.1 Å². The molecule has 2 saturated heterocycles. The molecule has 1 amide bonds. The number of benzene rings is 1. The first-order valence-corrected chi connectivity index (χ1v) is 13.9. The number of ether oxygens (including phenoxy) is 1. The molecule has 2 aliphatic heterocycles. The summed E-state index contributed by atoms with van der Waals surface area (Å²) in [5, 5.41) is 14.9. The van der Waals surface area contributed by atoms with Crippen LogP contribution in [-0.2, 0) is 25.5 Å². The Bertz CT molecular complexity index is 1450. The van der Waals surface area contributed by atoms with E-state index in [9.17, 15) is 19.5 Å². The van der Waals surface area contributed by atoms with Crippen LogP contribution >= 0.6 is 0 Å². The van der Waals surface area contributed by atoms with Gasteiger partial charge in [-0.25, -0.2) is 0 Å². The second kappa shape index (κ2) is 9.14. The van der Waals surface area contributed by atoms with E-state index in [1.165, 1.54) is 6.08 Å². The van der Waals surface area contributed by atoms with Gasteiger partial charge in [0.2, 0.25) is 5.91 Å². The van der Waals surface area contributed by atoms with Crippen LogP contribution in [-0.4, -0.2) is 51.4 Å². The molecule has 0 bridgehead atoms. The number of epoxide rings is 1. The molecule has 39 heavy (non-hydrogen) atoms. The first kappa shape index (κ1) is 26.0. The molecule has 7 heteroatoms. The first-order valence-electron chi connectivity index (χ1n) is 13.9. The Morgan fingerprint density at radius 1 is 1.13 bits per heavy atom.